The molecule has 1 heteroatoms. The largest absolute Gasteiger partial charge is 0.303 e. The molecule has 2 aliphatic carbocycles. The summed E-state index contributed by atoms with van der Waals surface area (Å²) in [5.41, 5.74) is 3.91. The summed E-state index contributed by atoms with van der Waals surface area (Å²) in [4.78, 5) is 2.64. The van der Waals surface area contributed by atoms with E-state index in [2.05, 4.69) is 36.2 Å². The maximum atomic E-state index is 2.64. The highest BCUT2D eigenvalue weighted by Crippen LogP contribution is 2.55. The maximum absolute atomic E-state index is 2.64. The van der Waals surface area contributed by atoms with Crippen LogP contribution in [-0.4, -0.2) is 24.5 Å². The lowest BCUT2D eigenvalue weighted by Crippen LogP contribution is -2.59. The molecule has 4 rings (SSSR count). The molecular formula is C17H23N. The smallest absolute Gasteiger partial charge is 0.0169 e. The second kappa shape index (κ2) is 3.84. The van der Waals surface area contributed by atoms with Crippen LogP contribution in [0, 0.1) is 5.92 Å². The Bertz CT molecular complexity index is 466. The van der Waals surface area contributed by atoms with Gasteiger partial charge in [0.05, 0.1) is 0 Å². The van der Waals surface area contributed by atoms with E-state index in [9.17, 15) is 0 Å². The summed E-state index contributed by atoms with van der Waals surface area (Å²) in [6.45, 7) is 1.30. The first-order valence-corrected chi connectivity index (χ1v) is 7.60. The van der Waals surface area contributed by atoms with Crippen LogP contribution in [0.3, 0.4) is 0 Å². The molecule has 3 atom stereocenters. The van der Waals surface area contributed by atoms with Crippen molar-refractivity contribution in [2.45, 2.75) is 50.0 Å². The highest BCUT2D eigenvalue weighted by Gasteiger charge is 2.52. The van der Waals surface area contributed by atoms with Gasteiger partial charge in [0, 0.05) is 11.5 Å². The van der Waals surface area contributed by atoms with Gasteiger partial charge >= 0.3 is 0 Å². The minimum absolute atomic E-state index is 0.546. The number of likely N-dealkylation sites (tertiary alicyclic amines) is 1. The van der Waals surface area contributed by atoms with E-state index in [4.69, 9.17) is 0 Å². The van der Waals surface area contributed by atoms with Gasteiger partial charge in [0.2, 0.25) is 0 Å². The Hall–Kier alpha value is -0.820. The molecule has 0 amide bonds. The third-order valence-corrected chi connectivity index (χ3v) is 6.02. The van der Waals surface area contributed by atoms with Gasteiger partial charge in [-0.25, -0.2) is 0 Å². The van der Waals surface area contributed by atoms with Crippen molar-refractivity contribution in [1.29, 1.82) is 0 Å². The fourth-order valence-electron chi connectivity index (χ4n) is 5.16. The van der Waals surface area contributed by atoms with Gasteiger partial charge in [-0.3, -0.25) is 0 Å². The van der Waals surface area contributed by atoms with Gasteiger partial charge in [-0.05, 0) is 56.3 Å². The molecule has 0 radical (unpaired) electrons. The molecule has 3 unspecified atom stereocenters. The summed E-state index contributed by atoms with van der Waals surface area (Å²) < 4.78 is 0. The summed E-state index contributed by atoms with van der Waals surface area (Å²) in [6, 6.07) is 10.1. The zero-order valence-corrected chi connectivity index (χ0v) is 11.4. The summed E-state index contributed by atoms with van der Waals surface area (Å²) in [5.74, 6) is 0.930. The van der Waals surface area contributed by atoms with E-state index < -0.39 is 0 Å². The first-order valence-electron chi connectivity index (χ1n) is 7.60. The third kappa shape index (κ3) is 1.31. The summed E-state index contributed by atoms with van der Waals surface area (Å²) >= 11 is 0. The van der Waals surface area contributed by atoms with Gasteiger partial charge in [-0.1, -0.05) is 37.1 Å². The lowest BCUT2D eigenvalue weighted by molar-refractivity contribution is 0.00286. The van der Waals surface area contributed by atoms with Gasteiger partial charge in [0.1, 0.15) is 0 Å². The summed E-state index contributed by atoms with van der Waals surface area (Å²) in [7, 11) is 2.34. The van der Waals surface area contributed by atoms with Crippen molar-refractivity contribution in [3.63, 3.8) is 0 Å². The van der Waals surface area contributed by atoms with Crippen molar-refractivity contribution in [2.24, 2.45) is 5.92 Å². The zero-order chi connectivity index (χ0) is 12.2. The Balaban J connectivity index is 1.90. The van der Waals surface area contributed by atoms with Crippen LogP contribution in [0.2, 0.25) is 0 Å². The average molecular weight is 241 g/mol. The number of hydrogen-bond acceptors (Lipinski definition) is 1. The fraction of sp³-hybridized carbons (Fsp3) is 0.647. The molecule has 3 aliphatic rings. The Morgan fingerprint density at radius 1 is 1.17 bits per heavy atom. The number of likely N-dealkylation sites (N-methyl/N-ethyl adjacent to an activating group) is 1. The van der Waals surface area contributed by atoms with Gasteiger partial charge in [0.15, 0.2) is 0 Å². The quantitative estimate of drug-likeness (QED) is 0.673. The molecule has 1 aromatic rings. The van der Waals surface area contributed by atoms with E-state index >= 15 is 0 Å². The predicted octanol–water partition coefficient (Wildman–Crippen LogP) is 3.37. The van der Waals surface area contributed by atoms with Gasteiger partial charge in [0.25, 0.3) is 0 Å². The molecule has 96 valence electrons. The van der Waals surface area contributed by atoms with Crippen molar-refractivity contribution in [3.05, 3.63) is 35.4 Å². The molecule has 1 nitrogen and oxygen atoms in total. The molecule has 2 fully saturated rings. The van der Waals surface area contributed by atoms with Crippen LogP contribution in [0.15, 0.2) is 24.3 Å². The van der Waals surface area contributed by atoms with E-state index in [0.717, 1.165) is 12.0 Å². The number of benzene rings is 1. The molecular weight excluding hydrogens is 218 g/mol. The minimum Gasteiger partial charge on any atom is -0.303 e. The van der Waals surface area contributed by atoms with Crippen molar-refractivity contribution < 1.29 is 0 Å². The SMILES string of the molecule is CN1CCC23CCCCC2C1Cc1ccccc13. The van der Waals surface area contributed by atoms with Crippen LogP contribution in [0.1, 0.15) is 43.2 Å². The molecule has 1 saturated heterocycles. The Morgan fingerprint density at radius 2 is 2.06 bits per heavy atom. The second-order valence-corrected chi connectivity index (χ2v) is 6.67. The Labute approximate surface area is 110 Å². The third-order valence-electron chi connectivity index (χ3n) is 6.02. The van der Waals surface area contributed by atoms with Crippen molar-refractivity contribution in [1.82, 2.24) is 4.90 Å². The molecule has 0 spiro atoms. The average Bonchev–Trinajstić information content (AvgIpc) is 2.43. The van der Waals surface area contributed by atoms with Gasteiger partial charge in [-0.2, -0.15) is 0 Å². The number of hydrogen-bond donors (Lipinski definition) is 0. The van der Waals surface area contributed by atoms with E-state index in [1.54, 1.807) is 11.1 Å². The number of piperidine rings is 1. The first-order chi connectivity index (χ1) is 8.81. The van der Waals surface area contributed by atoms with Crippen LogP contribution >= 0.6 is 0 Å². The van der Waals surface area contributed by atoms with Crippen molar-refractivity contribution >= 4 is 0 Å². The van der Waals surface area contributed by atoms with Crippen molar-refractivity contribution in [2.75, 3.05) is 13.6 Å². The molecule has 18 heavy (non-hydrogen) atoms. The molecule has 0 N–H and O–H groups in total. The molecule has 0 aromatic heterocycles. The van der Waals surface area contributed by atoms with Gasteiger partial charge < -0.3 is 4.90 Å². The highest BCUT2D eigenvalue weighted by atomic mass is 15.1. The maximum Gasteiger partial charge on any atom is 0.0169 e. The predicted molar refractivity (Wildman–Crippen MR) is 74.8 cm³/mol. The molecule has 1 saturated carbocycles. The fourth-order valence-corrected chi connectivity index (χ4v) is 5.16. The summed E-state index contributed by atoms with van der Waals surface area (Å²) in [6.07, 6.45) is 8.49. The van der Waals surface area contributed by atoms with Crippen LogP contribution in [-0.2, 0) is 11.8 Å². The van der Waals surface area contributed by atoms with Gasteiger partial charge in [-0.15, -0.1) is 0 Å². The molecule has 1 aromatic carbocycles. The first kappa shape index (κ1) is 11.0. The number of nitrogens with zero attached hydrogens (tertiary/aromatic N) is 1. The second-order valence-electron chi connectivity index (χ2n) is 6.67. The van der Waals surface area contributed by atoms with Crippen molar-refractivity contribution in [3.8, 4) is 0 Å². The van der Waals surface area contributed by atoms with Crippen LogP contribution in [0.4, 0.5) is 0 Å². The lowest BCUT2D eigenvalue weighted by Gasteiger charge is -2.58. The normalized spacial score (nSPS) is 38.9. The Kier molecular flexibility index (Phi) is 2.35. The lowest BCUT2D eigenvalue weighted by atomic mass is 9.52. The number of rotatable bonds is 0. The zero-order valence-electron chi connectivity index (χ0n) is 11.4. The minimum atomic E-state index is 0.546. The summed E-state index contributed by atoms with van der Waals surface area (Å²) in [5, 5.41) is 0. The Morgan fingerprint density at radius 3 is 3.00 bits per heavy atom. The standard InChI is InChI=1S/C17H23N/c1-18-11-10-17-9-5-4-8-15(17)16(18)12-13-6-2-3-7-14(13)17/h2-3,6-7,15-16H,4-5,8-12H2,1H3. The van der Waals surface area contributed by atoms with Crippen LogP contribution < -0.4 is 0 Å². The van der Waals surface area contributed by atoms with E-state index in [1.165, 1.54) is 45.1 Å². The van der Waals surface area contributed by atoms with E-state index in [0.29, 0.717) is 5.41 Å². The molecule has 1 heterocycles. The highest BCUT2D eigenvalue weighted by molar-refractivity contribution is 5.41. The molecule has 1 aliphatic heterocycles. The topological polar surface area (TPSA) is 3.24 Å². The van der Waals surface area contributed by atoms with E-state index in [1.807, 2.05) is 0 Å². The van der Waals surface area contributed by atoms with Crippen LogP contribution in [0.25, 0.3) is 0 Å². The van der Waals surface area contributed by atoms with E-state index in [-0.39, 0.29) is 0 Å². The number of fused-ring (bicyclic) bond motifs is 1. The van der Waals surface area contributed by atoms with Crippen LogP contribution in [0.5, 0.6) is 0 Å². The monoisotopic (exact) mass is 241 g/mol. The molecule has 2 bridgehead atoms.